The van der Waals surface area contributed by atoms with Crippen molar-refractivity contribution in [3.8, 4) is 5.75 Å². The van der Waals surface area contributed by atoms with Crippen LogP contribution in [-0.2, 0) is 6.42 Å². The predicted molar refractivity (Wildman–Crippen MR) is 75.4 cm³/mol. The Morgan fingerprint density at radius 2 is 1.83 bits per heavy atom. The summed E-state index contributed by atoms with van der Waals surface area (Å²) in [6, 6.07) is 8.07. The molecule has 0 amide bonds. The second kappa shape index (κ2) is 6.43. The highest BCUT2D eigenvalue weighted by Crippen LogP contribution is 2.13. The molecule has 0 radical (unpaired) electrons. The number of hydrogen-bond donors (Lipinski definition) is 0. The van der Waals surface area contributed by atoms with E-state index >= 15 is 0 Å². The van der Waals surface area contributed by atoms with Crippen molar-refractivity contribution in [1.82, 2.24) is 0 Å². The lowest BCUT2D eigenvalue weighted by Gasteiger charge is -2.18. The van der Waals surface area contributed by atoms with Gasteiger partial charge in [0, 0.05) is 27.2 Å². The Morgan fingerprint density at radius 1 is 1.22 bits per heavy atom. The fraction of sp³-hybridized carbons (Fsp3) is 0.533. The predicted octanol–water partition coefficient (Wildman–Crippen LogP) is 3.40. The van der Waals surface area contributed by atoms with Gasteiger partial charge in [0.15, 0.2) is 11.8 Å². The molecule has 0 atom stereocenters. The molecule has 18 heavy (non-hydrogen) atoms. The summed E-state index contributed by atoms with van der Waals surface area (Å²) >= 11 is 0. The second-order valence-corrected chi connectivity index (χ2v) is 5.42. The van der Waals surface area contributed by atoms with Crippen LogP contribution in [0.25, 0.3) is 0 Å². The fourth-order valence-corrected chi connectivity index (χ4v) is 1.58. The van der Waals surface area contributed by atoms with Crippen LogP contribution >= 0.6 is 0 Å². The highest BCUT2D eigenvalue weighted by atomic mass is 16.5. The lowest BCUT2D eigenvalue weighted by molar-refractivity contribution is -0.532. The number of unbranched alkanes of at least 4 members (excludes halogenated alkanes) is 1. The van der Waals surface area contributed by atoms with Crippen molar-refractivity contribution in [3.05, 3.63) is 35.0 Å². The Hall–Kier alpha value is -1.51. The minimum Gasteiger partial charge on any atom is -0.624 e. The molecule has 0 aromatic heterocycles. The van der Waals surface area contributed by atoms with E-state index in [2.05, 4.69) is 12.1 Å². The van der Waals surface area contributed by atoms with Crippen molar-refractivity contribution in [3.63, 3.8) is 0 Å². The molecule has 0 N–H and O–H groups in total. The molecule has 3 heteroatoms. The van der Waals surface area contributed by atoms with Crippen molar-refractivity contribution in [2.45, 2.75) is 45.6 Å². The third kappa shape index (κ3) is 4.78. The number of benzene rings is 1. The molecule has 0 unspecified atom stereocenters. The topological polar surface area (TPSA) is 35.3 Å². The monoisotopic (exact) mass is 249 g/mol. The van der Waals surface area contributed by atoms with Crippen molar-refractivity contribution in [2.24, 2.45) is 0 Å². The highest BCUT2D eigenvalue weighted by Gasteiger charge is 2.17. The van der Waals surface area contributed by atoms with Crippen LogP contribution in [0.4, 0.5) is 0 Å². The third-order valence-electron chi connectivity index (χ3n) is 2.78. The molecule has 0 aliphatic heterocycles. The van der Waals surface area contributed by atoms with E-state index in [0.717, 1.165) is 29.8 Å². The normalized spacial score (nSPS) is 12.6. The van der Waals surface area contributed by atoms with Crippen LogP contribution in [0, 0.1) is 5.21 Å². The minimum absolute atomic E-state index is 0.333. The van der Waals surface area contributed by atoms with E-state index in [1.807, 2.05) is 32.9 Å². The smallest absolute Gasteiger partial charge is 0.164 e. The zero-order valence-electron chi connectivity index (χ0n) is 11.8. The van der Waals surface area contributed by atoms with E-state index in [4.69, 9.17) is 4.74 Å². The first kappa shape index (κ1) is 14.6. The van der Waals surface area contributed by atoms with Crippen molar-refractivity contribution >= 4 is 6.21 Å². The molecule has 0 saturated carbocycles. The SMILES string of the molecule is COc1ccc(CCC/C=[N+](/[O-])C(C)(C)C)cc1. The minimum atomic E-state index is -0.333. The quantitative estimate of drug-likeness (QED) is 0.263. The van der Waals surface area contributed by atoms with E-state index in [1.54, 1.807) is 13.3 Å². The number of ether oxygens (including phenoxy) is 1. The first-order valence-electron chi connectivity index (χ1n) is 6.36. The molecule has 100 valence electrons. The standard InChI is InChI=1S/C15H23NO2/c1-15(2,3)16(17)12-6-5-7-13-8-10-14(18-4)11-9-13/h8-12H,5-7H2,1-4H3/b16-12+. The molecule has 0 aliphatic carbocycles. The van der Waals surface area contributed by atoms with Gasteiger partial charge in [-0.25, -0.2) is 4.74 Å². The molecule has 0 fully saturated rings. The van der Waals surface area contributed by atoms with Crippen LogP contribution in [-0.4, -0.2) is 23.6 Å². The van der Waals surface area contributed by atoms with Gasteiger partial charge in [0.1, 0.15) is 5.75 Å². The molecule has 0 aliphatic rings. The van der Waals surface area contributed by atoms with E-state index in [0.29, 0.717) is 0 Å². The summed E-state index contributed by atoms with van der Waals surface area (Å²) < 4.78 is 6.15. The molecule has 0 bridgehead atoms. The van der Waals surface area contributed by atoms with Crippen LogP contribution < -0.4 is 4.74 Å². The van der Waals surface area contributed by atoms with E-state index in [-0.39, 0.29) is 5.54 Å². The average Bonchev–Trinajstić information content (AvgIpc) is 2.34. The van der Waals surface area contributed by atoms with Gasteiger partial charge in [-0.2, -0.15) is 0 Å². The molecular formula is C15H23NO2. The first-order valence-corrected chi connectivity index (χ1v) is 6.36. The summed E-state index contributed by atoms with van der Waals surface area (Å²) in [5.41, 5.74) is 0.942. The Bertz CT molecular complexity index is 388. The summed E-state index contributed by atoms with van der Waals surface area (Å²) in [6.07, 6.45) is 4.52. The van der Waals surface area contributed by atoms with Crippen LogP contribution in [0.2, 0.25) is 0 Å². The number of methoxy groups -OCH3 is 1. The molecule has 0 spiro atoms. The van der Waals surface area contributed by atoms with Crippen molar-refractivity contribution in [2.75, 3.05) is 7.11 Å². The second-order valence-electron chi connectivity index (χ2n) is 5.42. The van der Waals surface area contributed by atoms with Crippen molar-refractivity contribution in [1.29, 1.82) is 0 Å². The van der Waals surface area contributed by atoms with Gasteiger partial charge in [-0.3, -0.25) is 0 Å². The van der Waals surface area contributed by atoms with E-state index in [9.17, 15) is 5.21 Å². The summed E-state index contributed by atoms with van der Waals surface area (Å²) in [7, 11) is 1.67. The highest BCUT2D eigenvalue weighted by molar-refractivity contribution is 5.51. The van der Waals surface area contributed by atoms with E-state index in [1.165, 1.54) is 5.56 Å². The third-order valence-corrected chi connectivity index (χ3v) is 2.78. The van der Waals surface area contributed by atoms with Crippen molar-refractivity contribution < 1.29 is 9.48 Å². The van der Waals surface area contributed by atoms with Crippen LogP contribution in [0.15, 0.2) is 24.3 Å². The molecule has 3 nitrogen and oxygen atoms in total. The van der Waals surface area contributed by atoms with Gasteiger partial charge in [-0.1, -0.05) is 12.1 Å². The van der Waals surface area contributed by atoms with Gasteiger partial charge in [0.2, 0.25) is 0 Å². The van der Waals surface area contributed by atoms with Crippen LogP contribution in [0.3, 0.4) is 0 Å². The Kier molecular flexibility index (Phi) is 5.20. The molecule has 1 aromatic rings. The van der Waals surface area contributed by atoms with Crippen LogP contribution in [0.1, 0.15) is 39.2 Å². The Morgan fingerprint density at radius 3 is 2.33 bits per heavy atom. The molecule has 1 aromatic carbocycles. The first-order chi connectivity index (χ1) is 8.43. The maximum atomic E-state index is 11.6. The fourth-order valence-electron chi connectivity index (χ4n) is 1.58. The van der Waals surface area contributed by atoms with Gasteiger partial charge >= 0.3 is 0 Å². The summed E-state index contributed by atoms with van der Waals surface area (Å²) in [6.45, 7) is 5.75. The average molecular weight is 249 g/mol. The molecular weight excluding hydrogens is 226 g/mol. The molecule has 1 rings (SSSR count). The van der Waals surface area contributed by atoms with Gasteiger partial charge in [-0.15, -0.1) is 0 Å². The maximum Gasteiger partial charge on any atom is 0.164 e. The van der Waals surface area contributed by atoms with Gasteiger partial charge in [0.25, 0.3) is 0 Å². The van der Waals surface area contributed by atoms with Gasteiger partial charge < -0.3 is 9.94 Å². The number of aryl methyl sites for hydroxylation is 1. The number of hydrogen-bond acceptors (Lipinski definition) is 2. The largest absolute Gasteiger partial charge is 0.624 e. The summed E-state index contributed by atoms with van der Waals surface area (Å²) in [5, 5.41) is 11.6. The molecule has 0 heterocycles. The van der Waals surface area contributed by atoms with Gasteiger partial charge in [0.05, 0.1) is 7.11 Å². The lowest BCUT2D eigenvalue weighted by atomic mass is 10.1. The molecule has 0 saturated heterocycles. The van der Waals surface area contributed by atoms with Gasteiger partial charge in [-0.05, 0) is 30.5 Å². The number of nitrogens with zero attached hydrogens (tertiary/aromatic N) is 1. The summed E-state index contributed by atoms with van der Waals surface area (Å²) in [4.78, 5) is 0. The van der Waals surface area contributed by atoms with Crippen LogP contribution in [0.5, 0.6) is 5.75 Å². The Labute approximate surface area is 110 Å². The number of rotatable bonds is 5. The Balaban J connectivity index is 2.38. The zero-order valence-corrected chi connectivity index (χ0v) is 11.8. The summed E-state index contributed by atoms with van der Waals surface area (Å²) in [5.74, 6) is 0.878. The number of hydroxylamine groups is 1. The lowest BCUT2D eigenvalue weighted by Crippen LogP contribution is -2.29. The maximum absolute atomic E-state index is 11.6. The van der Waals surface area contributed by atoms with E-state index < -0.39 is 0 Å². The zero-order chi connectivity index (χ0) is 13.6.